The first-order valence-corrected chi connectivity index (χ1v) is 12.8. The van der Waals surface area contributed by atoms with Gasteiger partial charge in [0.25, 0.3) is 5.91 Å². The van der Waals surface area contributed by atoms with Crippen LogP contribution >= 0.6 is 23.2 Å². The molecule has 0 spiro atoms. The molecule has 2 aromatic rings. The third kappa shape index (κ3) is 5.31. The minimum absolute atomic E-state index is 0.123. The highest BCUT2D eigenvalue weighted by atomic mass is 35.5. The van der Waals surface area contributed by atoms with Gasteiger partial charge in [-0.15, -0.1) is 0 Å². The highest BCUT2D eigenvalue weighted by Gasteiger charge is 2.54. The number of likely N-dealkylation sites (tertiary alicyclic amines) is 1. The second kappa shape index (κ2) is 10.3. The van der Waals surface area contributed by atoms with Crippen LogP contribution in [0.15, 0.2) is 53.6 Å². The quantitative estimate of drug-likeness (QED) is 0.545. The molecular weight excluding hydrogens is 515 g/mol. The van der Waals surface area contributed by atoms with Crippen LogP contribution < -0.4 is 10.5 Å². The van der Waals surface area contributed by atoms with Gasteiger partial charge in [0.2, 0.25) is 11.8 Å². The summed E-state index contributed by atoms with van der Waals surface area (Å²) in [4.78, 5) is 41.5. The lowest BCUT2D eigenvalue weighted by Crippen LogP contribution is -2.58. The first-order chi connectivity index (χ1) is 17.4. The minimum atomic E-state index is -1.23. The Hall–Kier alpha value is -3.10. The lowest BCUT2D eigenvalue weighted by atomic mass is 9.72. The van der Waals surface area contributed by atoms with E-state index in [1.165, 1.54) is 5.01 Å². The number of hydrogen-bond acceptors (Lipinski definition) is 5. The number of piperidine rings is 1. The van der Waals surface area contributed by atoms with Crippen molar-refractivity contribution in [3.05, 3.63) is 64.1 Å². The highest BCUT2D eigenvalue weighted by Crippen LogP contribution is 2.40. The molecular formula is C27H30Cl2N4O4. The van der Waals surface area contributed by atoms with E-state index in [1.54, 1.807) is 44.0 Å². The topological polar surface area (TPSA) is 105 Å². The zero-order chi connectivity index (χ0) is 27.0. The van der Waals surface area contributed by atoms with Gasteiger partial charge >= 0.3 is 0 Å². The summed E-state index contributed by atoms with van der Waals surface area (Å²) in [6.07, 6.45) is 0.865. The van der Waals surface area contributed by atoms with E-state index < -0.39 is 22.7 Å². The number of hydrazone groups is 1. The number of hydrogen-bond donors (Lipinski definition) is 1. The van der Waals surface area contributed by atoms with Crippen LogP contribution in [-0.4, -0.2) is 60.1 Å². The summed E-state index contributed by atoms with van der Waals surface area (Å²) in [5, 5.41) is 6.64. The van der Waals surface area contributed by atoms with E-state index in [4.69, 9.17) is 33.7 Å². The van der Waals surface area contributed by atoms with Crippen LogP contribution in [0.25, 0.3) is 0 Å². The number of halogens is 2. The molecule has 0 radical (unpaired) electrons. The molecule has 196 valence electrons. The van der Waals surface area contributed by atoms with Crippen LogP contribution in [-0.2, 0) is 20.8 Å². The summed E-state index contributed by atoms with van der Waals surface area (Å²) in [5.41, 5.74) is 5.27. The summed E-state index contributed by atoms with van der Waals surface area (Å²) < 4.78 is 5.90. The number of benzene rings is 2. The van der Waals surface area contributed by atoms with Gasteiger partial charge in [0.15, 0.2) is 0 Å². The average molecular weight is 545 g/mol. The number of amides is 3. The molecule has 2 aromatic carbocycles. The highest BCUT2D eigenvalue weighted by molar-refractivity contribution is 6.34. The lowest BCUT2D eigenvalue weighted by Gasteiger charge is -2.42. The number of nitrogens with two attached hydrogens (primary N) is 1. The molecule has 3 amide bonds. The van der Waals surface area contributed by atoms with Crippen molar-refractivity contribution in [3.8, 4) is 5.75 Å². The molecule has 2 atom stereocenters. The van der Waals surface area contributed by atoms with Gasteiger partial charge in [0, 0.05) is 36.6 Å². The zero-order valence-electron chi connectivity index (χ0n) is 21.0. The maximum absolute atomic E-state index is 14.0. The summed E-state index contributed by atoms with van der Waals surface area (Å²) >= 11 is 12.2. The molecule has 37 heavy (non-hydrogen) atoms. The predicted molar refractivity (Wildman–Crippen MR) is 142 cm³/mol. The van der Waals surface area contributed by atoms with Gasteiger partial charge in [-0.2, -0.15) is 5.10 Å². The van der Waals surface area contributed by atoms with Gasteiger partial charge in [-0.05, 0) is 30.2 Å². The molecule has 8 nitrogen and oxygen atoms in total. The molecule has 1 fully saturated rings. The molecule has 0 aromatic heterocycles. The maximum Gasteiger partial charge on any atom is 0.256 e. The van der Waals surface area contributed by atoms with Crippen LogP contribution in [0.5, 0.6) is 5.75 Å². The van der Waals surface area contributed by atoms with E-state index in [9.17, 15) is 14.4 Å². The number of rotatable bonds is 8. The van der Waals surface area contributed by atoms with E-state index in [2.05, 4.69) is 5.10 Å². The molecule has 0 unspecified atom stereocenters. The molecule has 1 saturated heterocycles. The second-order valence-corrected chi connectivity index (χ2v) is 11.1. The smallest absolute Gasteiger partial charge is 0.256 e. The molecule has 4 rings (SSSR count). The van der Waals surface area contributed by atoms with Crippen LogP contribution in [0.1, 0.15) is 25.8 Å². The van der Waals surface area contributed by atoms with Crippen LogP contribution in [0, 0.1) is 16.7 Å². The molecule has 0 saturated carbocycles. The molecule has 0 bridgehead atoms. The average Bonchev–Trinajstić information content (AvgIpc) is 3.08. The fourth-order valence-corrected chi connectivity index (χ4v) is 5.49. The SMILES string of the molecule is CN1N=C2CCN(C(=O)[C@@H](COc3cc(Cl)cc(Cl)c3)C(C)(C)C(N)=O)C[C@@]2(Cc2ccccc2)C1=O. The zero-order valence-corrected chi connectivity index (χ0v) is 22.6. The number of ether oxygens (including phenoxy) is 1. The first kappa shape index (κ1) is 26.9. The third-order valence-corrected chi connectivity index (χ3v) is 7.76. The van der Waals surface area contributed by atoms with E-state index in [-0.39, 0.29) is 25.0 Å². The molecule has 10 heteroatoms. The second-order valence-electron chi connectivity index (χ2n) is 10.2. The van der Waals surface area contributed by atoms with Gasteiger partial charge in [-0.25, -0.2) is 5.01 Å². The number of fused-ring (bicyclic) bond motifs is 1. The third-order valence-electron chi connectivity index (χ3n) is 7.32. The van der Waals surface area contributed by atoms with Crippen molar-refractivity contribution in [1.29, 1.82) is 0 Å². The Morgan fingerprint density at radius 2 is 1.81 bits per heavy atom. The Morgan fingerprint density at radius 3 is 2.43 bits per heavy atom. The summed E-state index contributed by atoms with van der Waals surface area (Å²) in [7, 11) is 1.63. The maximum atomic E-state index is 14.0. The molecule has 2 aliphatic rings. The summed E-state index contributed by atoms with van der Waals surface area (Å²) in [6.45, 7) is 3.64. The summed E-state index contributed by atoms with van der Waals surface area (Å²) in [5.74, 6) is -1.64. The molecule has 2 aliphatic heterocycles. The van der Waals surface area contributed by atoms with E-state index >= 15 is 0 Å². The molecule has 0 aliphatic carbocycles. The monoisotopic (exact) mass is 544 g/mol. The predicted octanol–water partition coefficient (Wildman–Crippen LogP) is 3.79. The van der Waals surface area contributed by atoms with E-state index in [1.807, 2.05) is 30.3 Å². The van der Waals surface area contributed by atoms with Crippen LogP contribution in [0.3, 0.4) is 0 Å². The van der Waals surface area contributed by atoms with Gasteiger partial charge in [0.05, 0.1) is 17.0 Å². The number of carbonyl (C=O) groups excluding carboxylic acids is 3. The normalized spacial score (nSPS) is 20.4. The van der Waals surface area contributed by atoms with E-state index in [0.717, 1.165) is 11.3 Å². The van der Waals surface area contributed by atoms with Gasteiger partial charge in [0.1, 0.15) is 17.8 Å². The van der Waals surface area contributed by atoms with Crippen LogP contribution in [0.2, 0.25) is 10.0 Å². The summed E-state index contributed by atoms with van der Waals surface area (Å²) in [6, 6.07) is 14.4. The van der Waals surface area contributed by atoms with Crippen molar-refractivity contribution >= 4 is 46.6 Å². The van der Waals surface area contributed by atoms with Crippen molar-refractivity contribution in [2.75, 3.05) is 26.7 Å². The van der Waals surface area contributed by atoms with Crippen molar-refractivity contribution in [1.82, 2.24) is 9.91 Å². The van der Waals surface area contributed by atoms with Gasteiger partial charge in [-0.3, -0.25) is 14.4 Å². The fourth-order valence-electron chi connectivity index (χ4n) is 4.99. The number of nitrogens with zero attached hydrogens (tertiary/aromatic N) is 3. The fraction of sp³-hybridized carbons (Fsp3) is 0.407. The molecule has 2 N–H and O–H groups in total. The Morgan fingerprint density at radius 1 is 1.16 bits per heavy atom. The minimum Gasteiger partial charge on any atom is -0.493 e. The Kier molecular flexibility index (Phi) is 7.53. The largest absolute Gasteiger partial charge is 0.493 e. The number of primary amides is 1. The Labute approximate surface area is 226 Å². The van der Waals surface area contributed by atoms with Crippen molar-refractivity contribution in [3.63, 3.8) is 0 Å². The van der Waals surface area contributed by atoms with Crippen molar-refractivity contribution < 1.29 is 19.1 Å². The van der Waals surface area contributed by atoms with Gasteiger partial charge in [-0.1, -0.05) is 67.4 Å². The molecule has 2 heterocycles. The Balaban J connectivity index is 1.63. The standard InChI is InChI=1S/C27H30Cl2N4O4/c1-26(2,24(30)35)21(15-37-20-12-18(28)11-19(29)13-20)23(34)33-10-9-22-27(16-33,25(36)32(3)31-22)14-17-7-5-4-6-8-17/h4-8,11-13,21H,9-10,14-16H2,1-3H3,(H2,30,35)/t21-,27-/m1/s1. The lowest BCUT2D eigenvalue weighted by molar-refractivity contribution is -0.149. The van der Waals surface area contributed by atoms with Crippen LogP contribution in [0.4, 0.5) is 0 Å². The Bertz CT molecular complexity index is 1230. The van der Waals surface area contributed by atoms with Crippen molar-refractivity contribution in [2.45, 2.75) is 26.7 Å². The van der Waals surface area contributed by atoms with E-state index in [0.29, 0.717) is 35.2 Å². The van der Waals surface area contributed by atoms with Gasteiger partial charge < -0.3 is 15.4 Å². The first-order valence-electron chi connectivity index (χ1n) is 12.0. The van der Waals surface area contributed by atoms with Crippen molar-refractivity contribution in [2.24, 2.45) is 27.6 Å². The number of carbonyl (C=O) groups is 3.